The van der Waals surface area contributed by atoms with Gasteiger partial charge in [0.25, 0.3) is 0 Å². The fourth-order valence-electron chi connectivity index (χ4n) is 3.21. The largest absolute Gasteiger partial charge is 0.256 e. The number of nitrogens with zero attached hydrogens (tertiary/aromatic N) is 3. The Hall–Kier alpha value is -1.97. The molecule has 24 heavy (non-hydrogen) atoms. The van der Waals surface area contributed by atoms with Crippen LogP contribution in [0.15, 0.2) is 35.4 Å². The summed E-state index contributed by atoms with van der Waals surface area (Å²) in [6.45, 7) is 3.99. The number of sulfonamides is 1. The van der Waals surface area contributed by atoms with Crippen LogP contribution in [-0.2, 0) is 10.0 Å². The highest BCUT2D eigenvalue weighted by Gasteiger charge is 2.39. The number of fused-ring (bicyclic) bond motifs is 1. The van der Waals surface area contributed by atoms with Crippen LogP contribution in [-0.4, -0.2) is 30.3 Å². The van der Waals surface area contributed by atoms with Gasteiger partial charge in [-0.05, 0) is 56.4 Å². The first-order chi connectivity index (χ1) is 11.5. The summed E-state index contributed by atoms with van der Waals surface area (Å²) in [5.41, 5.74) is 1.38. The van der Waals surface area contributed by atoms with Crippen molar-refractivity contribution in [3.05, 3.63) is 36.0 Å². The maximum atomic E-state index is 13.4. The van der Waals surface area contributed by atoms with Crippen molar-refractivity contribution in [3.8, 4) is 6.07 Å². The third-order valence-electron chi connectivity index (χ3n) is 4.70. The molecule has 0 bridgehead atoms. The average molecular weight is 343 g/mol. The van der Waals surface area contributed by atoms with Crippen LogP contribution in [0.1, 0.15) is 31.7 Å². The zero-order valence-corrected chi connectivity index (χ0v) is 14.8. The van der Waals surface area contributed by atoms with Gasteiger partial charge in [0, 0.05) is 30.6 Å². The summed E-state index contributed by atoms with van der Waals surface area (Å²) in [5.74, 6) is 0.395. The molecule has 5 nitrogen and oxygen atoms in total. The summed E-state index contributed by atoms with van der Waals surface area (Å²) in [6, 6.07) is 9.17. The van der Waals surface area contributed by atoms with E-state index in [1.807, 2.05) is 19.9 Å². The molecular weight excluding hydrogens is 322 g/mol. The van der Waals surface area contributed by atoms with Crippen molar-refractivity contribution in [1.29, 1.82) is 5.26 Å². The van der Waals surface area contributed by atoms with E-state index in [1.165, 1.54) is 4.31 Å². The van der Waals surface area contributed by atoms with Crippen LogP contribution < -0.4 is 0 Å². The van der Waals surface area contributed by atoms with Gasteiger partial charge in [-0.25, -0.2) is 8.42 Å². The number of pyridine rings is 1. The van der Waals surface area contributed by atoms with Crippen LogP contribution in [0, 0.1) is 24.2 Å². The molecule has 6 heteroatoms. The second-order valence-electron chi connectivity index (χ2n) is 6.38. The van der Waals surface area contributed by atoms with Gasteiger partial charge in [-0.15, -0.1) is 0 Å². The molecule has 1 aromatic heterocycles. The topological polar surface area (TPSA) is 74.1 Å². The van der Waals surface area contributed by atoms with Crippen LogP contribution in [0.5, 0.6) is 0 Å². The van der Waals surface area contributed by atoms with Crippen LogP contribution >= 0.6 is 0 Å². The lowest BCUT2D eigenvalue weighted by molar-refractivity contribution is 0.314. The second-order valence-corrected chi connectivity index (χ2v) is 8.21. The van der Waals surface area contributed by atoms with Gasteiger partial charge < -0.3 is 0 Å². The lowest BCUT2D eigenvalue weighted by Gasteiger charge is -2.29. The first-order valence-electron chi connectivity index (χ1n) is 8.20. The Morgan fingerprint density at radius 1 is 1.38 bits per heavy atom. The number of hydrogen-bond donors (Lipinski definition) is 0. The standard InChI is InChI=1S/C18H21N3O2S/c1-13-6-9-17-16(5-3-11-20-17)18(13)24(22,23)21(12-4-10-19)14(2)15-7-8-15/h3,5-6,9,11,14-15H,4,7-8,12H2,1-2H3. The van der Waals surface area contributed by atoms with Crippen LogP contribution in [0.4, 0.5) is 0 Å². The highest BCUT2D eigenvalue weighted by molar-refractivity contribution is 7.89. The second kappa shape index (κ2) is 6.50. The fraction of sp³-hybridized carbons (Fsp3) is 0.444. The van der Waals surface area contributed by atoms with Crippen molar-refractivity contribution in [2.45, 2.75) is 44.0 Å². The maximum absolute atomic E-state index is 13.4. The summed E-state index contributed by atoms with van der Waals surface area (Å²) in [7, 11) is -3.69. The first kappa shape index (κ1) is 16.9. The van der Waals surface area contributed by atoms with Crippen LogP contribution in [0.3, 0.4) is 0 Å². The smallest absolute Gasteiger partial charge is 0.244 e. The minimum Gasteiger partial charge on any atom is -0.256 e. The molecule has 0 amide bonds. The van der Waals surface area contributed by atoms with E-state index >= 15 is 0 Å². The van der Waals surface area contributed by atoms with E-state index in [1.54, 1.807) is 24.4 Å². The molecule has 0 radical (unpaired) electrons. The summed E-state index contributed by atoms with van der Waals surface area (Å²) in [4.78, 5) is 4.59. The Kier molecular flexibility index (Phi) is 4.57. The number of benzene rings is 1. The Morgan fingerprint density at radius 3 is 2.79 bits per heavy atom. The van der Waals surface area contributed by atoms with E-state index in [4.69, 9.17) is 5.26 Å². The van der Waals surface area contributed by atoms with Gasteiger partial charge in [0.2, 0.25) is 10.0 Å². The van der Waals surface area contributed by atoms with E-state index in [0.717, 1.165) is 12.8 Å². The lowest BCUT2D eigenvalue weighted by Crippen LogP contribution is -2.40. The predicted molar refractivity (Wildman–Crippen MR) is 92.8 cm³/mol. The average Bonchev–Trinajstić information content (AvgIpc) is 3.39. The summed E-state index contributed by atoms with van der Waals surface area (Å²) in [6.07, 6.45) is 3.96. The molecule has 1 aliphatic carbocycles. The zero-order chi connectivity index (χ0) is 17.3. The fourth-order valence-corrected chi connectivity index (χ4v) is 5.31. The third-order valence-corrected chi connectivity index (χ3v) is 6.89. The van der Waals surface area contributed by atoms with Crippen molar-refractivity contribution < 1.29 is 8.42 Å². The van der Waals surface area contributed by atoms with Gasteiger partial charge in [-0.2, -0.15) is 9.57 Å². The third kappa shape index (κ3) is 3.02. The Labute approximate surface area is 143 Å². The van der Waals surface area contributed by atoms with Gasteiger partial charge in [0.05, 0.1) is 16.5 Å². The molecule has 3 rings (SSSR count). The summed E-state index contributed by atoms with van der Waals surface area (Å²) >= 11 is 0. The molecule has 1 saturated carbocycles. The molecule has 1 aromatic carbocycles. The van der Waals surface area contributed by atoms with E-state index in [2.05, 4.69) is 11.1 Å². The molecule has 126 valence electrons. The van der Waals surface area contributed by atoms with Gasteiger partial charge in [0.15, 0.2) is 0 Å². The molecule has 2 aromatic rings. The molecule has 0 aliphatic heterocycles. The van der Waals surface area contributed by atoms with Crippen LogP contribution in [0.2, 0.25) is 0 Å². The quantitative estimate of drug-likeness (QED) is 0.807. The Morgan fingerprint density at radius 2 is 2.12 bits per heavy atom. The van der Waals surface area contributed by atoms with Gasteiger partial charge in [-0.1, -0.05) is 6.07 Å². The van der Waals surface area contributed by atoms with Crippen molar-refractivity contribution in [1.82, 2.24) is 9.29 Å². The Balaban J connectivity index is 2.14. The van der Waals surface area contributed by atoms with Gasteiger partial charge >= 0.3 is 0 Å². The van der Waals surface area contributed by atoms with Crippen LogP contribution in [0.25, 0.3) is 10.9 Å². The van der Waals surface area contributed by atoms with Gasteiger partial charge in [-0.3, -0.25) is 4.98 Å². The molecule has 1 unspecified atom stereocenters. The van der Waals surface area contributed by atoms with E-state index < -0.39 is 10.0 Å². The normalized spacial score (nSPS) is 16.2. The number of rotatable bonds is 6. The number of nitriles is 1. The van der Waals surface area contributed by atoms with E-state index in [-0.39, 0.29) is 19.0 Å². The molecule has 1 fully saturated rings. The molecule has 1 heterocycles. The van der Waals surface area contributed by atoms with Crippen molar-refractivity contribution in [3.63, 3.8) is 0 Å². The summed E-state index contributed by atoms with van der Waals surface area (Å²) < 4.78 is 28.4. The van der Waals surface area contributed by atoms with Gasteiger partial charge in [0.1, 0.15) is 0 Å². The highest BCUT2D eigenvalue weighted by Crippen LogP contribution is 2.38. The first-order valence-corrected chi connectivity index (χ1v) is 9.64. The van der Waals surface area contributed by atoms with Crippen molar-refractivity contribution >= 4 is 20.9 Å². The highest BCUT2D eigenvalue weighted by atomic mass is 32.2. The minimum atomic E-state index is -3.69. The number of aryl methyl sites for hydroxylation is 1. The molecule has 0 spiro atoms. The summed E-state index contributed by atoms with van der Waals surface area (Å²) in [5, 5.41) is 9.57. The SMILES string of the molecule is Cc1ccc2ncccc2c1S(=O)(=O)N(CCC#N)C(C)C1CC1. The maximum Gasteiger partial charge on any atom is 0.244 e. The predicted octanol–water partition coefficient (Wildman–Crippen LogP) is 3.25. The molecule has 0 N–H and O–H groups in total. The van der Waals surface area contributed by atoms with E-state index in [9.17, 15) is 8.42 Å². The minimum absolute atomic E-state index is 0.0883. The zero-order valence-electron chi connectivity index (χ0n) is 13.9. The monoisotopic (exact) mass is 343 g/mol. The van der Waals surface area contributed by atoms with E-state index in [0.29, 0.717) is 27.3 Å². The number of hydrogen-bond acceptors (Lipinski definition) is 4. The molecule has 1 atom stereocenters. The molecule has 1 aliphatic rings. The Bertz CT molecular complexity index is 898. The lowest BCUT2D eigenvalue weighted by atomic mass is 10.1. The van der Waals surface area contributed by atoms with Crippen molar-refractivity contribution in [2.75, 3.05) is 6.54 Å². The number of aromatic nitrogens is 1. The molecule has 0 saturated heterocycles. The van der Waals surface area contributed by atoms with Crippen molar-refractivity contribution in [2.24, 2.45) is 5.92 Å². The molecular formula is C18H21N3O2S.